The molecule has 22 heavy (non-hydrogen) atoms. The molecule has 0 unspecified atom stereocenters. The van der Waals surface area contributed by atoms with Crippen molar-refractivity contribution < 1.29 is 9.90 Å². The standard InChI is InChI=1S/C20H30O2/c1-6-14(2)8-10-16-15(18(21)22)9-11-17-19(3,4)12-7-13-20(16,17)5/h6,8-9,16-17H,1,7,10-13H2,2-5H3,(H,21,22)/b14-8+/t16-,17-,20+/m1/s1. The summed E-state index contributed by atoms with van der Waals surface area (Å²) in [5, 5.41) is 9.66. The molecule has 122 valence electrons. The maximum Gasteiger partial charge on any atom is 0.331 e. The SMILES string of the molecule is C=C/C(C)=C/C[C@@H]1C(C(=O)O)=CC[C@@H]2C(C)(C)CCC[C@@]12C. The van der Waals surface area contributed by atoms with Crippen molar-refractivity contribution in [2.75, 3.05) is 0 Å². The van der Waals surface area contributed by atoms with Gasteiger partial charge in [0.05, 0.1) is 0 Å². The molecule has 0 bridgehead atoms. The van der Waals surface area contributed by atoms with Gasteiger partial charge in [0, 0.05) is 5.57 Å². The number of carboxylic acid groups (broad SMARTS) is 1. The summed E-state index contributed by atoms with van der Waals surface area (Å²) in [6.07, 6.45) is 11.3. The second kappa shape index (κ2) is 6.06. The van der Waals surface area contributed by atoms with Gasteiger partial charge < -0.3 is 5.11 Å². The Labute approximate surface area is 135 Å². The quantitative estimate of drug-likeness (QED) is 0.709. The van der Waals surface area contributed by atoms with Gasteiger partial charge in [-0.3, -0.25) is 0 Å². The van der Waals surface area contributed by atoms with E-state index in [1.807, 2.05) is 19.1 Å². The van der Waals surface area contributed by atoms with Gasteiger partial charge in [-0.25, -0.2) is 4.79 Å². The zero-order valence-electron chi connectivity index (χ0n) is 14.5. The number of hydrogen-bond donors (Lipinski definition) is 1. The molecule has 0 radical (unpaired) electrons. The van der Waals surface area contributed by atoms with Crippen molar-refractivity contribution in [3.05, 3.63) is 36.0 Å². The average molecular weight is 302 g/mol. The van der Waals surface area contributed by atoms with Gasteiger partial charge in [-0.05, 0) is 55.3 Å². The zero-order chi connectivity index (χ0) is 16.5. The third kappa shape index (κ3) is 2.93. The fourth-order valence-corrected chi connectivity index (χ4v) is 4.93. The molecule has 0 aromatic heterocycles. The molecule has 1 saturated carbocycles. The number of fused-ring (bicyclic) bond motifs is 1. The third-order valence-corrected chi connectivity index (χ3v) is 6.27. The first-order chi connectivity index (χ1) is 10.2. The number of allylic oxidation sites excluding steroid dienone is 4. The number of rotatable bonds is 4. The van der Waals surface area contributed by atoms with Crippen LogP contribution in [0, 0.1) is 22.7 Å². The molecule has 3 atom stereocenters. The molecule has 2 aliphatic rings. The Morgan fingerprint density at radius 1 is 1.41 bits per heavy atom. The highest BCUT2D eigenvalue weighted by Crippen LogP contribution is 2.60. The van der Waals surface area contributed by atoms with Gasteiger partial charge in [-0.15, -0.1) is 0 Å². The normalized spacial score (nSPS) is 34.5. The van der Waals surface area contributed by atoms with Crippen LogP contribution in [-0.2, 0) is 4.79 Å². The molecule has 1 N–H and O–H groups in total. The van der Waals surface area contributed by atoms with Crippen LogP contribution in [0.5, 0.6) is 0 Å². The van der Waals surface area contributed by atoms with E-state index < -0.39 is 5.97 Å². The minimum Gasteiger partial charge on any atom is -0.478 e. The monoisotopic (exact) mass is 302 g/mol. The van der Waals surface area contributed by atoms with Crippen molar-refractivity contribution in [2.24, 2.45) is 22.7 Å². The number of carbonyl (C=O) groups is 1. The Kier molecular flexibility index (Phi) is 4.70. The summed E-state index contributed by atoms with van der Waals surface area (Å²) in [6, 6.07) is 0. The lowest BCUT2D eigenvalue weighted by Gasteiger charge is -2.56. The third-order valence-electron chi connectivity index (χ3n) is 6.27. The van der Waals surface area contributed by atoms with E-state index in [2.05, 4.69) is 33.4 Å². The van der Waals surface area contributed by atoms with Crippen LogP contribution in [0.2, 0.25) is 0 Å². The lowest BCUT2D eigenvalue weighted by atomic mass is 9.48. The van der Waals surface area contributed by atoms with Crippen LogP contribution >= 0.6 is 0 Å². The highest BCUT2D eigenvalue weighted by atomic mass is 16.4. The van der Waals surface area contributed by atoms with Crippen molar-refractivity contribution >= 4 is 5.97 Å². The first kappa shape index (κ1) is 17.1. The van der Waals surface area contributed by atoms with E-state index in [9.17, 15) is 9.90 Å². The molecule has 2 nitrogen and oxygen atoms in total. The van der Waals surface area contributed by atoms with Crippen LogP contribution in [0.1, 0.15) is 59.8 Å². The summed E-state index contributed by atoms with van der Waals surface area (Å²) in [6.45, 7) is 12.9. The second-order valence-corrected chi connectivity index (χ2v) is 8.04. The Morgan fingerprint density at radius 3 is 2.68 bits per heavy atom. The molecular formula is C20H30O2. The molecule has 1 fully saturated rings. The molecule has 0 heterocycles. The summed E-state index contributed by atoms with van der Waals surface area (Å²) in [5.74, 6) is -0.0600. The van der Waals surface area contributed by atoms with Gasteiger partial charge in [0.15, 0.2) is 0 Å². The average Bonchev–Trinajstić information content (AvgIpc) is 2.43. The summed E-state index contributed by atoms with van der Waals surface area (Å²) >= 11 is 0. The summed E-state index contributed by atoms with van der Waals surface area (Å²) in [4.78, 5) is 11.7. The predicted molar refractivity (Wildman–Crippen MR) is 91.6 cm³/mol. The van der Waals surface area contributed by atoms with E-state index in [0.717, 1.165) is 24.8 Å². The number of hydrogen-bond acceptors (Lipinski definition) is 1. The molecule has 0 saturated heterocycles. The molecule has 2 rings (SSSR count). The smallest absolute Gasteiger partial charge is 0.331 e. The van der Waals surface area contributed by atoms with Gasteiger partial charge in [-0.1, -0.05) is 57.6 Å². The first-order valence-electron chi connectivity index (χ1n) is 8.45. The van der Waals surface area contributed by atoms with Crippen LogP contribution in [-0.4, -0.2) is 11.1 Å². The van der Waals surface area contributed by atoms with E-state index in [-0.39, 0.29) is 11.3 Å². The van der Waals surface area contributed by atoms with Crippen LogP contribution in [0.3, 0.4) is 0 Å². The van der Waals surface area contributed by atoms with Gasteiger partial charge in [-0.2, -0.15) is 0 Å². The molecule has 0 amide bonds. The second-order valence-electron chi connectivity index (χ2n) is 8.04. The Hall–Kier alpha value is -1.31. The van der Waals surface area contributed by atoms with Crippen molar-refractivity contribution in [1.29, 1.82) is 0 Å². The molecule has 2 heteroatoms. The lowest BCUT2D eigenvalue weighted by Crippen LogP contribution is -2.49. The van der Waals surface area contributed by atoms with Crippen molar-refractivity contribution in [2.45, 2.75) is 59.8 Å². The molecule has 0 aromatic rings. The maximum absolute atomic E-state index is 11.7. The molecule has 0 aromatic carbocycles. The van der Waals surface area contributed by atoms with Gasteiger partial charge in [0.25, 0.3) is 0 Å². The zero-order valence-corrected chi connectivity index (χ0v) is 14.5. The topological polar surface area (TPSA) is 37.3 Å². The summed E-state index contributed by atoms with van der Waals surface area (Å²) < 4.78 is 0. The number of aliphatic carboxylic acids is 1. The summed E-state index contributed by atoms with van der Waals surface area (Å²) in [5.41, 5.74) is 2.14. The number of carboxylic acids is 1. The Bertz CT molecular complexity index is 524. The Morgan fingerprint density at radius 2 is 2.09 bits per heavy atom. The van der Waals surface area contributed by atoms with Crippen molar-refractivity contribution in [3.63, 3.8) is 0 Å². The van der Waals surface area contributed by atoms with E-state index in [4.69, 9.17) is 0 Å². The predicted octanol–water partition coefficient (Wildman–Crippen LogP) is 5.37. The highest BCUT2D eigenvalue weighted by molar-refractivity contribution is 5.87. The van der Waals surface area contributed by atoms with Crippen LogP contribution < -0.4 is 0 Å². The molecular weight excluding hydrogens is 272 g/mol. The summed E-state index contributed by atoms with van der Waals surface area (Å²) in [7, 11) is 0. The Balaban J connectivity index is 2.43. The van der Waals surface area contributed by atoms with E-state index >= 15 is 0 Å². The van der Waals surface area contributed by atoms with Crippen LogP contribution in [0.4, 0.5) is 0 Å². The van der Waals surface area contributed by atoms with Crippen LogP contribution in [0.15, 0.2) is 36.0 Å². The fourth-order valence-electron chi connectivity index (χ4n) is 4.93. The minimum atomic E-state index is -0.738. The highest BCUT2D eigenvalue weighted by Gasteiger charge is 2.53. The minimum absolute atomic E-state index is 0.0855. The van der Waals surface area contributed by atoms with E-state index in [0.29, 0.717) is 16.9 Å². The first-order valence-corrected chi connectivity index (χ1v) is 8.45. The largest absolute Gasteiger partial charge is 0.478 e. The molecule has 0 spiro atoms. The van der Waals surface area contributed by atoms with Crippen LogP contribution in [0.25, 0.3) is 0 Å². The van der Waals surface area contributed by atoms with E-state index in [1.165, 1.54) is 12.8 Å². The molecule has 2 aliphatic carbocycles. The van der Waals surface area contributed by atoms with Crippen molar-refractivity contribution in [1.82, 2.24) is 0 Å². The van der Waals surface area contributed by atoms with Gasteiger partial charge in [0.2, 0.25) is 0 Å². The van der Waals surface area contributed by atoms with Gasteiger partial charge >= 0.3 is 5.97 Å². The van der Waals surface area contributed by atoms with Crippen molar-refractivity contribution in [3.8, 4) is 0 Å². The van der Waals surface area contributed by atoms with Gasteiger partial charge in [0.1, 0.15) is 0 Å². The maximum atomic E-state index is 11.7. The fraction of sp³-hybridized carbons (Fsp3) is 0.650. The molecule has 0 aliphatic heterocycles. The van der Waals surface area contributed by atoms with E-state index in [1.54, 1.807) is 0 Å². The lowest BCUT2D eigenvalue weighted by molar-refractivity contribution is -0.135.